The molecule has 0 saturated carbocycles. The summed E-state index contributed by atoms with van der Waals surface area (Å²) in [6, 6.07) is 4.84. The molecule has 4 rings (SSSR count). The van der Waals surface area contributed by atoms with Crippen LogP contribution in [0.5, 0.6) is 5.75 Å². The Morgan fingerprint density at radius 3 is 2.36 bits per heavy atom. The van der Waals surface area contributed by atoms with E-state index in [1.165, 1.54) is 14.0 Å². The molecule has 3 atom stereocenters. The Labute approximate surface area is 198 Å². The van der Waals surface area contributed by atoms with Gasteiger partial charge in [0.05, 0.1) is 22.8 Å². The van der Waals surface area contributed by atoms with Gasteiger partial charge < -0.3 is 9.64 Å². The number of likely N-dealkylation sites (tertiary alicyclic amines) is 2. The first-order chi connectivity index (χ1) is 15.5. The van der Waals surface area contributed by atoms with Crippen molar-refractivity contribution in [2.75, 3.05) is 33.3 Å². The molecular formula is C21H21Cl2F3N4O3. The Morgan fingerprint density at radius 2 is 1.85 bits per heavy atom. The number of carbonyl (C=O) groups excluding carboxylic acids is 2. The zero-order valence-electron chi connectivity index (χ0n) is 17.8. The predicted molar refractivity (Wildman–Crippen MR) is 115 cm³/mol. The minimum absolute atomic E-state index is 0.0756. The van der Waals surface area contributed by atoms with Crippen LogP contribution >= 0.6 is 23.2 Å². The van der Waals surface area contributed by atoms with E-state index in [2.05, 4.69) is 5.10 Å². The van der Waals surface area contributed by atoms with Gasteiger partial charge in [-0.25, -0.2) is 4.68 Å². The summed E-state index contributed by atoms with van der Waals surface area (Å²) in [5, 5.41) is 3.49. The monoisotopic (exact) mass is 504 g/mol. The van der Waals surface area contributed by atoms with Crippen LogP contribution in [0.2, 0.25) is 10.0 Å². The van der Waals surface area contributed by atoms with Crippen molar-refractivity contribution in [2.24, 2.45) is 11.8 Å². The third-order valence-corrected chi connectivity index (χ3v) is 7.06. The quantitative estimate of drug-likeness (QED) is 0.577. The van der Waals surface area contributed by atoms with Gasteiger partial charge in [-0.2, -0.15) is 18.3 Å². The summed E-state index contributed by atoms with van der Waals surface area (Å²) in [6.07, 6.45) is -5.15. The van der Waals surface area contributed by atoms with Gasteiger partial charge in [0.1, 0.15) is 5.75 Å². The lowest BCUT2D eigenvalue weighted by Gasteiger charge is -2.27. The smallest absolute Gasteiger partial charge is 0.436 e. The Hall–Kier alpha value is -2.30. The van der Waals surface area contributed by atoms with Gasteiger partial charge >= 0.3 is 6.18 Å². The summed E-state index contributed by atoms with van der Waals surface area (Å²) in [5.41, 5.74) is -0.671. The number of fused-ring (bicyclic) bond motifs is 1. The maximum Gasteiger partial charge on any atom is 0.436 e. The van der Waals surface area contributed by atoms with E-state index in [4.69, 9.17) is 27.9 Å². The van der Waals surface area contributed by atoms with Crippen molar-refractivity contribution in [1.29, 1.82) is 0 Å². The number of amides is 1. The van der Waals surface area contributed by atoms with Crippen molar-refractivity contribution in [3.05, 3.63) is 45.2 Å². The number of benzene rings is 1. The maximum atomic E-state index is 13.2. The number of carbonyl (C=O) groups is 2. The molecule has 2 fully saturated rings. The Morgan fingerprint density at radius 1 is 1.21 bits per heavy atom. The van der Waals surface area contributed by atoms with E-state index >= 15 is 0 Å². The number of ether oxygens (including phenoxy) is 1. The molecule has 7 nitrogen and oxygen atoms in total. The number of aromatic nitrogens is 2. The average molecular weight is 505 g/mol. The summed E-state index contributed by atoms with van der Waals surface area (Å²) in [7, 11) is 1.47. The third kappa shape index (κ3) is 4.31. The molecule has 0 spiro atoms. The van der Waals surface area contributed by atoms with Gasteiger partial charge in [-0.05, 0) is 37.0 Å². The van der Waals surface area contributed by atoms with E-state index < -0.39 is 23.1 Å². The van der Waals surface area contributed by atoms with Crippen molar-refractivity contribution in [3.63, 3.8) is 0 Å². The van der Waals surface area contributed by atoms with Gasteiger partial charge in [-0.1, -0.05) is 23.2 Å². The Bertz CT molecular complexity index is 1080. The van der Waals surface area contributed by atoms with Crippen LogP contribution in [-0.2, 0) is 11.0 Å². The lowest BCUT2D eigenvalue weighted by molar-refractivity contribution is -0.142. The fourth-order valence-electron chi connectivity index (χ4n) is 4.62. The lowest BCUT2D eigenvalue weighted by atomic mass is 10.0. The van der Waals surface area contributed by atoms with Gasteiger partial charge in [0.2, 0.25) is 0 Å². The van der Waals surface area contributed by atoms with Crippen LogP contribution in [0, 0.1) is 18.8 Å². The molecular weight excluding hydrogens is 484 g/mol. The zero-order chi connectivity index (χ0) is 24.1. The molecule has 3 heterocycles. The molecule has 3 unspecified atom stereocenters. The maximum absolute atomic E-state index is 13.2. The van der Waals surface area contributed by atoms with Gasteiger partial charge in [-0.15, -0.1) is 0 Å². The average Bonchev–Trinajstić information content (AvgIpc) is 3.42. The van der Waals surface area contributed by atoms with Crippen molar-refractivity contribution in [1.82, 2.24) is 19.6 Å². The molecule has 2 saturated heterocycles. The molecule has 0 aliphatic carbocycles. The van der Waals surface area contributed by atoms with E-state index in [1.54, 1.807) is 28.0 Å². The number of halogens is 5. The largest absolute Gasteiger partial charge is 0.495 e. The molecule has 2 aliphatic rings. The second-order valence-corrected chi connectivity index (χ2v) is 9.06. The molecule has 33 heavy (non-hydrogen) atoms. The van der Waals surface area contributed by atoms with Crippen LogP contribution in [0.25, 0.3) is 0 Å². The number of hydrogen-bond donors (Lipinski definition) is 0. The summed E-state index contributed by atoms with van der Waals surface area (Å²) in [5.74, 6) is 0.425. The van der Waals surface area contributed by atoms with E-state index in [0.717, 1.165) is 4.68 Å². The first-order valence-electron chi connectivity index (χ1n) is 10.2. The normalized spacial score (nSPS) is 21.8. The molecule has 2 aromatic rings. The van der Waals surface area contributed by atoms with E-state index in [-0.39, 0.29) is 23.4 Å². The predicted octanol–water partition coefficient (Wildman–Crippen LogP) is 3.93. The number of nitrogens with zero attached hydrogens (tertiary/aromatic N) is 4. The van der Waals surface area contributed by atoms with Gasteiger partial charge in [0.15, 0.2) is 18.1 Å². The van der Waals surface area contributed by atoms with Crippen molar-refractivity contribution in [2.45, 2.75) is 19.3 Å². The molecule has 12 heteroatoms. The number of alkyl halides is 3. The van der Waals surface area contributed by atoms with Crippen LogP contribution in [0.4, 0.5) is 13.2 Å². The molecule has 1 aromatic heterocycles. The Balaban J connectivity index is 1.47. The van der Waals surface area contributed by atoms with Gasteiger partial charge in [0.25, 0.3) is 5.91 Å². The first kappa shape index (κ1) is 23.8. The van der Waals surface area contributed by atoms with E-state index in [1.807, 2.05) is 0 Å². The van der Waals surface area contributed by atoms with Crippen LogP contribution < -0.4 is 4.74 Å². The summed E-state index contributed by atoms with van der Waals surface area (Å²) >= 11 is 11.9. The molecule has 1 aromatic carbocycles. The van der Waals surface area contributed by atoms with E-state index in [0.29, 0.717) is 48.8 Å². The van der Waals surface area contributed by atoms with Gasteiger partial charge in [-0.3, -0.25) is 14.5 Å². The Kier molecular flexibility index (Phi) is 6.36. The lowest BCUT2D eigenvalue weighted by Crippen LogP contribution is -2.37. The molecule has 178 valence electrons. The van der Waals surface area contributed by atoms with E-state index in [9.17, 15) is 22.8 Å². The van der Waals surface area contributed by atoms with Crippen molar-refractivity contribution >= 4 is 35.4 Å². The van der Waals surface area contributed by atoms with Crippen LogP contribution in [0.1, 0.15) is 27.9 Å². The number of rotatable bonds is 5. The SMILES string of the molecule is COc1cc(C(=O)N2CC3CN(C(C=O)n4nc(C(F)(F)F)c(Cl)c4C)CC3C2)ccc1Cl. The van der Waals surface area contributed by atoms with Crippen molar-refractivity contribution < 1.29 is 27.5 Å². The molecule has 1 amide bonds. The minimum atomic E-state index is -4.72. The number of aldehydes is 1. The fourth-order valence-corrected chi connectivity index (χ4v) is 5.05. The second-order valence-electron chi connectivity index (χ2n) is 8.27. The fraction of sp³-hybridized carbons (Fsp3) is 0.476. The molecule has 0 N–H and O–H groups in total. The molecule has 0 radical (unpaired) electrons. The highest BCUT2D eigenvalue weighted by Gasteiger charge is 2.45. The zero-order valence-corrected chi connectivity index (χ0v) is 19.3. The van der Waals surface area contributed by atoms with Gasteiger partial charge in [0, 0.05) is 31.7 Å². The molecule has 2 aliphatic heterocycles. The highest BCUT2D eigenvalue weighted by atomic mass is 35.5. The summed E-state index contributed by atoms with van der Waals surface area (Å²) in [6.45, 7) is 3.24. The standard InChI is InChI=1S/C21H21Cl2F3N4O3/c1-11-18(23)19(21(24,25)26)27-30(11)17(10-31)28-6-13-8-29(9-14(13)7-28)20(32)12-3-4-15(22)16(5-12)33-2/h3-5,10,13-14,17H,6-9H2,1-2H3. The second kappa shape index (κ2) is 8.81. The van der Waals surface area contributed by atoms with Crippen molar-refractivity contribution in [3.8, 4) is 5.75 Å². The highest BCUT2D eigenvalue weighted by molar-refractivity contribution is 6.32. The van der Waals surface area contributed by atoms with Crippen LogP contribution in [0.3, 0.4) is 0 Å². The summed E-state index contributed by atoms with van der Waals surface area (Å²) in [4.78, 5) is 28.3. The number of methoxy groups -OCH3 is 1. The topological polar surface area (TPSA) is 67.7 Å². The van der Waals surface area contributed by atoms with Crippen LogP contribution in [-0.4, -0.2) is 65.1 Å². The first-order valence-corrected chi connectivity index (χ1v) is 10.9. The third-order valence-electron chi connectivity index (χ3n) is 6.29. The summed E-state index contributed by atoms with van der Waals surface area (Å²) < 4.78 is 45.8. The van der Waals surface area contributed by atoms with Crippen LogP contribution in [0.15, 0.2) is 18.2 Å². The molecule has 0 bridgehead atoms. The highest BCUT2D eigenvalue weighted by Crippen LogP contribution is 2.39. The minimum Gasteiger partial charge on any atom is -0.495 e. The number of hydrogen-bond acceptors (Lipinski definition) is 5.